The number of carbonyl (C=O) groups is 1. The summed E-state index contributed by atoms with van der Waals surface area (Å²) in [5.74, 6) is 0.534. The van der Waals surface area contributed by atoms with Crippen LogP contribution in [-0.4, -0.2) is 25.5 Å². The maximum Gasteiger partial charge on any atom is 0.303 e. The minimum absolute atomic E-state index is 0.0150. The number of halogens is 1. The Balaban J connectivity index is 1.54. The van der Waals surface area contributed by atoms with E-state index in [-0.39, 0.29) is 12.5 Å². The molecule has 2 aliphatic rings. The van der Waals surface area contributed by atoms with Crippen LogP contribution in [0.2, 0.25) is 0 Å². The van der Waals surface area contributed by atoms with Crippen molar-refractivity contribution >= 4 is 44.7 Å². The van der Waals surface area contributed by atoms with E-state index in [2.05, 4.69) is 39.5 Å². The van der Waals surface area contributed by atoms with Crippen molar-refractivity contribution in [1.82, 2.24) is 4.72 Å². The average molecular weight is 515 g/mol. The van der Waals surface area contributed by atoms with Crippen molar-refractivity contribution in [2.24, 2.45) is 17.8 Å². The zero-order valence-electron chi connectivity index (χ0n) is 15.6. The second kappa shape index (κ2) is 9.54. The van der Waals surface area contributed by atoms with Crippen LogP contribution in [0.4, 0.5) is 0 Å². The van der Waals surface area contributed by atoms with Crippen LogP contribution in [0, 0.1) is 21.3 Å². The van der Waals surface area contributed by atoms with Crippen LogP contribution < -0.4 is 4.72 Å². The standard InChI is InChI=1S/C21H26INO4S/c22-18-8-6-15(7-9-18)10-11-28(26,27)23-20-14-16-12-17(19(20)13-16)4-2-1-3-5-21(24)25/h2,4,6-11,16-17,19-20,23H,1,3,5,12-14H2,(H,24,25). The largest absolute Gasteiger partial charge is 0.481 e. The number of nitrogens with one attached hydrogen (secondary N) is 1. The summed E-state index contributed by atoms with van der Waals surface area (Å²) < 4.78 is 29.0. The highest BCUT2D eigenvalue weighted by Crippen LogP contribution is 2.49. The molecule has 0 spiro atoms. The zero-order valence-corrected chi connectivity index (χ0v) is 18.6. The average Bonchev–Trinajstić information content (AvgIpc) is 3.20. The molecule has 4 unspecified atom stereocenters. The molecule has 2 N–H and O–H groups in total. The highest BCUT2D eigenvalue weighted by atomic mass is 127. The van der Waals surface area contributed by atoms with E-state index in [1.807, 2.05) is 24.3 Å². The first-order valence-corrected chi connectivity index (χ1v) is 12.3. The quantitative estimate of drug-likeness (QED) is 0.290. The summed E-state index contributed by atoms with van der Waals surface area (Å²) in [6, 6.07) is 7.68. The fourth-order valence-corrected chi connectivity index (χ4v) is 5.86. The first-order valence-electron chi connectivity index (χ1n) is 9.67. The number of hydrogen-bond donors (Lipinski definition) is 2. The lowest BCUT2D eigenvalue weighted by molar-refractivity contribution is -0.137. The molecule has 152 valence electrons. The van der Waals surface area contributed by atoms with Gasteiger partial charge in [0.1, 0.15) is 0 Å². The molecule has 0 heterocycles. The highest BCUT2D eigenvalue weighted by Gasteiger charge is 2.46. The number of carboxylic acids is 1. The van der Waals surface area contributed by atoms with Crippen LogP contribution in [0.25, 0.3) is 6.08 Å². The van der Waals surface area contributed by atoms with Crippen molar-refractivity contribution < 1.29 is 18.3 Å². The van der Waals surface area contributed by atoms with E-state index < -0.39 is 16.0 Å². The normalized spacial score (nSPS) is 27.2. The highest BCUT2D eigenvalue weighted by molar-refractivity contribution is 14.1. The Bertz CT molecular complexity index is 848. The molecule has 1 aromatic rings. The molecular formula is C21H26INO4S. The van der Waals surface area contributed by atoms with Crippen LogP contribution in [-0.2, 0) is 14.8 Å². The van der Waals surface area contributed by atoms with Gasteiger partial charge in [0.2, 0.25) is 10.0 Å². The third-order valence-electron chi connectivity index (χ3n) is 5.64. The van der Waals surface area contributed by atoms with Gasteiger partial charge in [-0.25, -0.2) is 13.1 Å². The monoisotopic (exact) mass is 515 g/mol. The number of carboxylic acid groups (broad SMARTS) is 1. The second-order valence-corrected chi connectivity index (χ2v) is 10.6. The smallest absolute Gasteiger partial charge is 0.303 e. The van der Waals surface area contributed by atoms with E-state index in [4.69, 9.17) is 5.11 Å². The Morgan fingerprint density at radius 1 is 1.21 bits per heavy atom. The third kappa shape index (κ3) is 6.15. The van der Waals surface area contributed by atoms with E-state index in [1.54, 1.807) is 6.08 Å². The molecule has 1 aromatic carbocycles. The first-order chi connectivity index (χ1) is 13.3. The summed E-state index contributed by atoms with van der Waals surface area (Å²) >= 11 is 2.22. The number of hydrogen-bond acceptors (Lipinski definition) is 3. The molecule has 2 bridgehead atoms. The Morgan fingerprint density at radius 2 is 1.96 bits per heavy atom. The number of sulfonamides is 1. The number of fused-ring (bicyclic) bond motifs is 2. The van der Waals surface area contributed by atoms with Crippen molar-refractivity contribution in [3.63, 3.8) is 0 Å². The van der Waals surface area contributed by atoms with Crippen LogP contribution >= 0.6 is 22.6 Å². The SMILES string of the molecule is O=C(O)CCCC=CC1CC2CC(NS(=O)(=O)C=Cc3ccc(I)cc3)C1C2. The summed E-state index contributed by atoms with van der Waals surface area (Å²) in [5, 5.41) is 9.95. The number of benzene rings is 1. The van der Waals surface area contributed by atoms with E-state index in [0.29, 0.717) is 24.2 Å². The number of rotatable bonds is 9. The molecule has 28 heavy (non-hydrogen) atoms. The third-order valence-corrected chi connectivity index (χ3v) is 7.48. The molecule has 0 saturated heterocycles. The van der Waals surface area contributed by atoms with Crippen LogP contribution in [0.15, 0.2) is 41.8 Å². The van der Waals surface area contributed by atoms with Crippen molar-refractivity contribution in [3.05, 3.63) is 51.0 Å². The van der Waals surface area contributed by atoms with Gasteiger partial charge in [0.25, 0.3) is 0 Å². The van der Waals surface area contributed by atoms with Crippen molar-refractivity contribution in [3.8, 4) is 0 Å². The van der Waals surface area contributed by atoms with Crippen molar-refractivity contribution in [1.29, 1.82) is 0 Å². The Hall–Kier alpha value is -1.19. The van der Waals surface area contributed by atoms with Gasteiger partial charge in [0.05, 0.1) is 0 Å². The zero-order chi connectivity index (χ0) is 20.1. The van der Waals surface area contributed by atoms with Crippen molar-refractivity contribution in [2.45, 2.75) is 44.6 Å². The van der Waals surface area contributed by atoms with E-state index in [9.17, 15) is 13.2 Å². The molecule has 0 aliphatic heterocycles. The van der Waals surface area contributed by atoms with Crippen molar-refractivity contribution in [2.75, 3.05) is 0 Å². The lowest BCUT2D eigenvalue weighted by Crippen LogP contribution is -2.40. The summed E-state index contributed by atoms with van der Waals surface area (Å²) in [6.45, 7) is 0. The fraction of sp³-hybridized carbons (Fsp3) is 0.476. The molecule has 0 radical (unpaired) electrons. The molecule has 0 aromatic heterocycles. The van der Waals surface area contributed by atoms with Gasteiger partial charge in [-0.15, -0.1) is 0 Å². The molecule has 5 nitrogen and oxygen atoms in total. The molecule has 2 aliphatic carbocycles. The van der Waals surface area contributed by atoms with Gasteiger partial charge in [-0.3, -0.25) is 4.79 Å². The van der Waals surface area contributed by atoms with Gasteiger partial charge in [0.15, 0.2) is 0 Å². The van der Waals surface area contributed by atoms with Crippen LogP contribution in [0.1, 0.15) is 44.1 Å². The lowest BCUT2D eigenvalue weighted by atomic mass is 9.85. The van der Waals surface area contributed by atoms with E-state index >= 15 is 0 Å². The number of unbranched alkanes of at least 4 members (excludes halogenated alkanes) is 1. The summed E-state index contributed by atoms with van der Waals surface area (Å²) in [4.78, 5) is 10.6. The van der Waals surface area contributed by atoms with E-state index in [0.717, 1.165) is 34.8 Å². The van der Waals surface area contributed by atoms with Gasteiger partial charge in [0, 0.05) is 21.4 Å². The van der Waals surface area contributed by atoms with Gasteiger partial charge >= 0.3 is 5.97 Å². The minimum Gasteiger partial charge on any atom is -0.481 e. The molecule has 2 saturated carbocycles. The minimum atomic E-state index is -3.48. The Labute approximate surface area is 180 Å². The second-order valence-electron chi connectivity index (χ2n) is 7.74. The Kier molecular flexibility index (Phi) is 7.33. The molecule has 0 amide bonds. The summed E-state index contributed by atoms with van der Waals surface area (Å²) in [5.41, 5.74) is 0.862. The number of allylic oxidation sites excluding steroid dienone is 2. The Morgan fingerprint density at radius 3 is 2.64 bits per heavy atom. The van der Waals surface area contributed by atoms with Gasteiger partial charge in [-0.05, 0) is 96.2 Å². The van der Waals surface area contributed by atoms with Gasteiger partial charge in [-0.1, -0.05) is 24.3 Å². The predicted octanol–water partition coefficient (Wildman–Crippen LogP) is 4.41. The summed E-state index contributed by atoms with van der Waals surface area (Å²) in [7, 11) is -3.48. The maximum atomic E-state index is 12.5. The lowest BCUT2D eigenvalue weighted by Gasteiger charge is -2.27. The molecule has 2 fully saturated rings. The topological polar surface area (TPSA) is 83.5 Å². The van der Waals surface area contributed by atoms with Crippen LogP contribution in [0.5, 0.6) is 0 Å². The fourth-order valence-electron chi connectivity index (χ4n) is 4.40. The van der Waals surface area contributed by atoms with E-state index in [1.165, 1.54) is 5.41 Å². The van der Waals surface area contributed by atoms with Crippen LogP contribution in [0.3, 0.4) is 0 Å². The maximum absolute atomic E-state index is 12.5. The first kappa shape index (κ1) is 21.5. The predicted molar refractivity (Wildman–Crippen MR) is 119 cm³/mol. The van der Waals surface area contributed by atoms with Gasteiger partial charge in [-0.2, -0.15) is 0 Å². The van der Waals surface area contributed by atoms with Gasteiger partial charge < -0.3 is 5.11 Å². The molecule has 3 rings (SSSR count). The molecule has 7 heteroatoms. The molecular weight excluding hydrogens is 489 g/mol. The summed E-state index contributed by atoms with van der Waals surface area (Å²) in [6.07, 6.45) is 10.5. The molecule has 4 atom stereocenters. The number of aliphatic carboxylic acids is 1.